The maximum Gasteiger partial charge on any atom is 0.435 e. The number of aryl methyl sites for hydroxylation is 1. The van der Waals surface area contributed by atoms with Crippen molar-refractivity contribution in [2.24, 2.45) is 13.0 Å². The first-order valence-electron chi connectivity index (χ1n) is 4.73. The lowest BCUT2D eigenvalue weighted by Gasteiger charge is -2.09. The average molecular weight is 218 g/mol. The standard InChI is InChI=1S/C9H9F3N2O/c1-14-6-3-2-4(3)7(15)5(6)8(13-14)9(10,11)12/h3-4,7,15H,2H2,1H3. The van der Waals surface area contributed by atoms with Crippen LogP contribution in [0.3, 0.4) is 0 Å². The van der Waals surface area contributed by atoms with Crippen molar-refractivity contribution < 1.29 is 18.3 Å². The van der Waals surface area contributed by atoms with Crippen LogP contribution in [0, 0.1) is 5.92 Å². The van der Waals surface area contributed by atoms with Crippen molar-refractivity contribution in [2.75, 3.05) is 0 Å². The molecule has 2 aliphatic carbocycles. The molecule has 1 N–H and O–H groups in total. The van der Waals surface area contributed by atoms with Gasteiger partial charge in [0, 0.05) is 24.2 Å². The molecule has 1 heterocycles. The summed E-state index contributed by atoms with van der Waals surface area (Å²) in [6.45, 7) is 0. The van der Waals surface area contributed by atoms with Crippen molar-refractivity contribution in [3.8, 4) is 0 Å². The van der Waals surface area contributed by atoms with E-state index in [1.165, 1.54) is 11.7 Å². The summed E-state index contributed by atoms with van der Waals surface area (Å²) >= 11 is 0. The summed E-state index contributed by atoms with van der Waals surface area (Å²) in [5.41, 5.74) is -0.342. The molecule has 0 radical (unpaired) electrons. The van der Waals surface area contributed by atoms with E-state index in [1.54, 1.807) is 0 Å². The lowest BCUT2D eigenvalue weighted by Crippen LogP contribution is -2.11. The summed E-state index contributed by atoms with van der Waals surface area (Å²) < 4.78 is 39.0. The minimum atomic E-state index is -4.47. The fourth-order valence-electron chi connectivity index (χ4n) is 2.59. The van der Waals surface area contributed by atoms with Crippen LogP contribution in [-0.4, -0.2) is 14.9 Å². The first-order valence-corrected chi connectivity index (χ1v) is 4.73. The molecule has 1 fully saturated rings. The van der Waals surface area contributed by atoms with E-state index in [1.807, 2.05) is 0 Å². The van der Waals surface area contributed by atoms with E-state index in [4.69, 9.17) is 0 Å². The van der Waals surface area contributed by atoms with Gasteiger partial charge in [0.05, 0.1) is 6.10 Å². The first kappa shape index (κ1) is 9.21. The summed E-state index contributed by atoms with van der Waals surface area (Å²) in [4.78, 5) is 0. The maximum atomic E-state index is 12.6. The zero-order chi connectivity index (χ0) is 11.0. The molecular formula is C9H9F3N2O. The molecule has 0 amide bonds. The lowest BCUT2D eigenvalue weighted by molar-refractivity contribution is -0.143. The average Bonchev–Trinajstić information content (AvgIpc) is 2.73. The molecule has 0 spiro atoms. The summed E-state index contributed by atoms with van der Waals surface area (Å²) in [6, 6.07) is 0. The molecule has 3 atom stereocenters. The Labute approximate surface area is 83.5 Å². The molecule has 3 rings (SSSR count). The van der Waals surface area contributed by atoms with Gasteiger partial charge >= 0.3 is 6.18 Å². The number of halogens is 3. The van der Waals surface area contributed by atoms with Crippen LogP contribution in [0.15, 0.2) is 0 Å². The van der Waals surface area contributed by atoms with Gasteiger partial charge in [-0.05, 0) is 12.3 Å². The zero-order valence-electron chi connectivity index (χ0n) is 7.91. The molecule has 82 valence electrons. The Balaban J connectivity index is 2.20. The van der Waals surface area contributed by atoms with Crippen LogP contribution in [0.25, 0.3) is 0 Å². The molecule has 0 aliphatic heterocycles. The largest absolute Gasteiger partial charge is 0.435 e. The van der Waals surface area contributed by atoms with Crippen molar-refractivity contribution in [1.29, 1.82) is 0 Å². The van der Waals surface area contributed by atoms with Crippen LogP contribution in [0.4, 0.5) is 13.2 Å². The van der Waals surface area contributed by atoms with Gasteiger partial charge in [-0.15, -0.1) is 0 Å². The fraction of sp³-hybridized carbons (Fsp3) is 0.667. The van der Waals surface area contributed by atoms with Gasteiger partial charge in [-0.2, -0.15) is 18.3 Å². The minimum absolute atomic E-state index is 0.00579. The third-order valence-corrected chi connectivity index (χ3v) is 3.29. The molecule has 2 aliphatic rings. The Morgan fingerprint density at radius 2 is 2.13 bits per heavy atom. The van der Waals surface area contributed by atoms with Gasteiger partial charge in [0.2, 0.25) is 0 Å². The Hall–Kier alpha value is -1.04. The number of aliphatic hydroxyl groups is 1. The predicted molar refractivity (Wildman–Crippen MR) is 44.0 cm³/mol. The van der Waals surface area contributed by atoms with E-state index in [9.17, 15) is 18.3 Å². The first-order chi connectivity index (χ1) is 6.91. The van der Waals surface area contributed by atoms with Gasteiger partial charge in [0.1, 0.15) is 0 Å². The van der Waals surface area contributed by atoms with E-state index in [-0.39, 0.29) is 17.4 Å². The SMILES string of the molecule is Cn1nc(C(F)(F)F)c2c1C1CC1C2O. The van der Waals surface area contributed by atoms with E-state index < -0.39 is 18.0 Å². The van der Waals surface area contributed by atoms with Crippen LogP contribution in [0.1, 0.15) is 35.4 Å². The van der Waals surface area contributed by atoms with Crippen LogP contribution in [0.5, 0.6) is 0 Å². The lowest BCUT2D eigenvalue weighted by atomic mass is 10.1. The van der Waals surface area contributed by atoms with Crippen LogP contribution in [0.2, 0.25) is 0 Å². The molecule has 3 nitrogen and oxygen atoms in total. The van der Waals surface area contributed by atoms with Gasteiger partial charge in [-0.1, -0.05) is 0 Å². The normalized spacial score (nSPS) is 32.7. The second-order valence-electron chi connectivity index (χ2n) is 4.22. The molecule has 0 aromatic carbocycles. The highest BCUT2D eigenvalue weighted by Crippen LogP contribution is 2.63. The van der Waals surface area contributed by atoms with E-state index in [0.717, 1.165) is 6.42 Å². The molecule has 0 saturated heterocycles. The summed E-state index contributed by atoms with van der Waals surface area (Å²) in [5, 5.41) is 13.2. The second kappa shape index (κ2) is 2.37. The van der Waals surface area contributed by atoms with E-state index >= 15 is 0 Å². The number of aliphatic hydroxyl groups excluding tert-OH is 1. The Morgan fingerprint density at radius 1 is 1.47 bits per heavy atom. The van der Waals surface area contributed by atoms with E-state index in [0.29, 0.717) is 5.69 Å². The van der Waals surface area contributed by atoms with Crippen molar-refractivity contribution >= 4 is 0 Å². The number of alkyl halides is 3. The highest BCUT2D eigenvalue weighted by molar-refractivity contribution is 5.43. The number of nitrogens with zero attached hydrogens (tertiary/aromatic N) is 2. The third-order valence-electron chi connectivity index (χ3n) is 3.29. The highest BCUT2D eigenvalue weighted by atomic mass is 19.4. The number of hydrogen-bond donors (Lipinski definition) is 1. The van der Waals surface area contributed by atoms with Gasteiger partial charge in [-0.3, -0.25) is 4.68 Å². The third kappa shape index (κ3) is 1.03. The van der Waals surface area contributed by atoms with Crippen molar-refractivity contribution in [3.05, 3.63) is 17.0 Å². The number of aromatic nitrogens is 2. The van der Waals surface area contributed by atoms with Crippen molar-refractivity contribution in [2.45, 2.75) is 24.6 Å². The predicted octanol–water partition coefficient (Wildman–Crippen LogP) is 1.59. The summed E-state index contributed by atoms with van der Waals surface area (Å²) in [6.07, 6.45) is -4.66. The quantitative estimate of drug-likeness (QED) is 0.718. The molecule has 1 aromatic heterocycles. The van der Waals surface area contributed by atoms with Crippen molar-refractivity contribution in [3.63, 3.8) is 0 Å². The molecule has 6 heteroatoms. The molecule has 15 heavy (non-hydrogen) atoms. The smallest absolute Gasteiger partial charge is 0.388 e. The summed E-state index contributed by atoms with van der Waals surface area (Å²) in [7, 11) is 1.50. The second-order valence-corrected chi connectivity index (χ2v) is 4.22. The zero-order valence-corrected chi connectivity index (χ0v) is 7.91. The molecule has 3 unspecified atom stereocenters. The fourth-order valence-corrected chi connectivity index (χ4v) is 2.59. The molecule has 1 aromatic rings. The topological polar surface area (TPSA) is 38.0 Å². The number of fused-ring (bicyclic) bond motifs is 3. The summed E-state index contributed by atoms with van der Waals surface area (Å²) in [5.74, 6) is 0.0777. The Kier molecular flexibility index (Phi) is 1.46. The molecular weight excluding hydrogens is 209 g/mol. The number of rotatable bonds is 0. The number of hydrogen-bond acceptors (Lipinski definition) is 2. The highest BCUT2D eigenvalue weighted by Gasteiger charge is 2.57. The molecule has 1 saturated carbocycles. The van der Waals surface area contributed by atoms with Crippen LogP contribution < -0.4 is 0 Å². The van der Waals surface area contributed by atoms with Crippen LogP contribution >= 0.6 is 0 Å². The van der Waals surface area contributed by atoms with E-state index in [2.05, 4.69) is 5.10 Å². The Morgan fingerprint density at radius 3 is 2.73 bits per heavy atom. The Bertz CT molecular complexity index is 437. The maximum absolute atomic E-state index is 12.6. The van der Waals surface area contributed by atoms with Gasteiger partial charge in [-0.25, -0.2) is 0 Å². The monoisotopic (exact) mass is 218 g/mol. The minimum Gasteiger partial charge on any atom is -0.388 e. The van der Waals surface area contributed by atoms with Gasteiger partial charge < -0.3 is 5.11 Å². The van der Waals surface area contributed by atoms with Gasteiger partial charge in [0.25, 0.3) is 0 Å². The van der Waals surface area contributed by atoms with Crippen LogP contribution in [-0.2, 0) is 13.2 Å². The van der Waals surface area contributed by atoms with Gasteiger partial charge in [0.15, 0.2) is 5.69 Å². The van der Waals surface area contributed by atoms with Crippen molar-refractivity contribution in [1.82, 2.24) is 9.78 Å². The molecule has 0 bridgehead atoms.